The monoisotopic (exact) mass is 409 g/mol. The van der Waals surface area contributed by atoms with Gasteiger partial charge < -0.3 is 14.7 Å². The van der Waals surface area contributed by atoms with E-state index in [9.17, 15) is 9.59 Å². The minimum atomic E-state index is -0.206. The van der Waals surface area contributed by atoms with Crippen molar-refractivity contribution >= 4 is 17.3 Å². The molecule has 160 valence electrons. The number of carbonyl (C=O) groups excluding carboxylic acids is 1. The van der Waals surface area contributed by atoms with E-state index in [0.717, 1.165) is 51.1 Å². The molecule has 1 amide bonds. The Hall–Kier alpha value is -2.83. The Morgan fingerprint density at radius 2 is 1.70 bits per heavy atom. The van der Waals surface area contributed by atoms with Crippen molar-refractivity contribution in [2.24, 2.45) is 0 Å². The average Bonchev–Trinajstić information content (AvgIpc) is 3.02. The Bertz CT molecular complexity index is 935. The van der Waals surface area contributed by atoms with Gasteiger partial charge in [-0.1, -0.05) is 18.2 Å². The fraction of sp³-hybridized carbons (Fsp3) is 0.522. The zero-order valence-electron chi connectivity index (χ0n) is 17.8. The van der Waals surface area contributed by atoms with Crippen molar-refractivity contribution in [2.45, 2.75) is 39.2 Å². The molecule has 0 radical (unpaired) electrons. The Labute approximate surface area is 177 Å². The van der Waals surface area contributed by atoms with Crippen LogP contribution < -0.4 is 15.4 Å². The van der Waals surface area contributed by atoms with Gasteiger partial charge in [-0.3, -0.25) is 9.59 Å². The fourth-order valence-corrected chi connectivity index (χ4v) is 4.42. The van der Waals surface area contributed by atoms with Crippen molar-refractivity contribution in [3.8, 4) is 0 Å². The van der Waals surface area contributed by atoms with Gasteiger partial charge in [0.25, 0.3) is 5.56 Å². The SMILES string of the molecule is Cc1ccccc1N1CCCN(C(=O)Cn2ncc(N3CCCCC3)cc2=O)CC1. The first kappa shape index (κ1) is 20.4. The number of aryl methyl sites for hydroxylation is 1. The first-order chi connectivity index (χ1) is 14.6. The van der Waals surface area contributed by atoms with Crippen LogP contribution >= 0.6 is 0 Å². The second-order valence-electron chi connectivity index (χ2n) is 8.27. The molecular weight excluding hydrogens is 378 g/mol. The molecule has 0 saturated carbocycles. The summed E-state index contributed by atoms with van der Waals surface area (Å²) in [5, 5.41) is 4.29. The summed E-state index contributed by atoms with van der Waals surface area (Å²) in [4.78, 5) is 31.8. The third-order valence-electron chi connectivity index (χ3n) is 6.17. The number of amides is 1. The molecule has 7 nitrogen and oxygen atoms in total. The summed E-state index contributed by atoms with van der Waals surface area (Å²) in [6.45, 7) is 7.16. The predicted molar refractivity (Wildman–Crippen MR) is 119 cm³/mol. The first-order valence-corrected chi connectivity index (χ1v) is 11.0. The van der Waals surface area contributed by atoms with Gasteiger partial charge in [0.1, 0.15) is 6.54 Å². The molecule has 0 unspecified atom stereocenters. The van der Waals surface area contributed by atoms with E-state index < -0.39 is 0 Å². The van der Waals surface area contributed by atoms with Crippen LogP contribution in [0.15, 0.2) is 41.3 Å². The predicted octanol–water partition coefficient (Wildman–Crippen LogP) is 2.28. The Balaban J connectivity index is 1.38. The van der Waals surface area contributed by atoms with Gasteiger partial charge in [0.05, 0.1) is 11.9 Å². The molecule has 30 heavy (non-hydrogen) atoms. The molecular formula is C23H31N5O2. The van der Waals surface area contributed by atoms with E-state index in [0.29, 0.717) is 13.1 Å². The van der Waals surface area contributed by atoms with Crippen LogP contribution in [-0.4, -0.2) is 59.9 Å². The van der Waals surface area contributed by atoms with Gasteiger partial charge in [-0.25, -0.2) is 4.68 Å². The van der Waals surface area contributed by atoms with Crippen molar-refractivity contribution in [1.29, 1.82) is 0 Å². The summed E-state index contributed by atoms with van der Waals surface area (Å²) in [5.74, 6) is -0.0399. The van der Waals surface area contributed by atoms with Crippen LogP contribution in [0, 0.1) is 6.92 Å². The van der Waals surface area contributed by atoms with Crippen molar-refractivity contribution in [3.63, 3.8) is 0 Å². The minimum Gasteiger partial charge on any atom is -0.370 e. The van der Waals surface area contributed by atoms with Crippen LogP contribution in [0.4, 0.5) is 11.4 Å². The largest absolute Gasteiger partial charge is 0.370 e. The van der Waals surface area contributed by atoms with E-state index in [1.54, 1.807) is 12.3 Å². The van der Waals surface area contributed by atoms with E-state index in [-0.39, 0.29) is 18.0 Å². The molecule has 2 aliphatic rings. The maximum atomic E-state index is 12.9. The molecule has 0 bridgehead atoms. The molecule has 0 atom stereocenters. The third-order valence-corrected chi connectivity index (χ3v) is 6.17. The topological polar surface area (TPSA) is 61.7 Å². The molecule has 2 aliphatic heterocycles. The lowest BCUT2D eigenvalue weighted by atomic mass is 10.1. The number of hydrogen-bond acceptors (Lipinski definition) is 5. The highest BCUT2D eigenvalue weighted by atomic mass is 16.2. The van der Waals surface area contributed by atoms with Crippen molar-refractivity contribution < 1.29 is 4.79 Å². The normalized spacial score (nSPS) is 17.7. The highest BCUT2D eigenvalue weighted by Gasteiger charge is 2.21. The second kappa shape index (κ2) is 9.32. The van der Waals surface area contributed by atoms with Crippen LogP contribution in [0.1, 0.15) is 31.2 Å². The van der Waals surface area contributed by atoms with Crippen LogP contribution in [0.5, 0.6) is 0 Å². The van der Waals surface area contributed by atoms with Gasteiger partial charge in [-0.2, -0.15) is 5.10 Å². The number of rotatable bonds is 4. The second-order valence-corrected chi connectivity index (χ2v) is 8.27. The molecule has 0 N–H and O–H groups in total. The summed E-state index contributed by atoms with van der Waals surface area (Å²) in [6, 6.07) is 9.98. The Kier molecular flexibility index (Phi) is 6.35. The van der Waals surface area contributed by atoms with Crippen LogP contribution in [0.3, 0.4) is 0 Å². The molecule has 1 aromatic carbocycles. The number of para-hydroxylation sites is 1. The number of carbonyl (C=O) groups is 1. The lowest BCUT2D eigenvalue weighted by molar-refractivity contribution is -0.131. The van der Waals surface area contributed by atoms with Gasteiger partial charge in [0.15, 0.2) is 0 Å². The van der Waals surface area contributed by atoms with Crippen molar-refractivity contribution in [1.82, 2.24) is 14.7 Å². The van der Waals surface area contributed by atoms with Crippen LogP contribution in [0.2, 0.25) is 0 Å². The van der Waals surface area contributed by atoms with E-state index in [1.807, 2.05) is 11.0 Å². The summed E-state index contributed by atoms with van der Waals surface area (Å²) in [6.07, 6.45) is 6.18. The summed E-state index contributed by atoms with van der Waals surface area (Å²) < 4.78 is 1.29. The lowest BCUT2D eigenvalue weighted by Crippen LogP contribution is -2.40. The zero-order chi connectivity index (χ0) is 20.9. The third kappa shape index (κ3) is 4.66. The van der Waals surface area contributed by atoms with Gasteiger partial charge in [-0.15, -0.1) is 0 Å². The fourth-order valence-electron chi connectivity index (χ4n) is 4.42. The van der Waals surface area contributed by atoms with E-state index in [2.05, 4.69) is 40.0 Å². The molecule has 0 spiro atoms. The van der Waals surface area contributed by atoms with E-state index >= 15 is 0 Å². The average molecular weight is 410 g/mol. The maximum absolute atomic E-state index is 12.9. The van der Waals surface area contributed by atoms with Gasteiger partial charge in [0.2, 0.25) is 5.91 Å². The zero-order valence-corrected chi connectivity index (χ0v) is 17.8. The Morgan fingerprint density at radius 3 is 2.47 bits per heavy atom. The van der Waals surface area contributed by atoms with Crippen molar-refractivity contribution in [2.75, 3.05) is 49.1 Å². The number of benzene rings is 1. The number of hydrogen-bond donors (Lipinski definition) is 0. The highest BCUT2D eigenvalue weighted by molar-refractivity contribution is 5.76. The smallest absolute Gasteiger partial charge is 0.269 e. The van der Waals surface area contributed by atoms with Crippen LogP contribution in [-0.2, 0) is 11.3 Å². The van der Waals surface area contributed by atoms with E-state index in [1.165, 1.54) is 22.4 Å². The Morgan fingerprint density at radius 1 is 0.933 bits per heavy atom. The summed E-state index contributed by atoms with van der Waals surface area (Å²) >= 11 is 0. The number of piperidine rings is 1. The minimum absolute atomic E-state index is 0.00345. The van der Waals surface area contributed by atoms with Crippen molar-refractivity contribution in [3.05, 3.63) is 52.4 Å². The molecule has 7 heteroatoms. The lowest BCUT2D eigenvalue weighted by Gasteiger charge is -2.28. The molecule has 2 fully saturated rings. The summed E-state index contributed by atoms with van der Waals surface area (Å²) in [7, 11) is 0. The van der Waals surface area contributed by atoms with E-state index in [4.69, 9.17) is 0 Å². The maximum Gasteiger partial charge on any atom is 0.269 e. The van der Waals surface area contributed by atoms with Gasteiger partial charge in [-0.05, 0) is 44.2 Å². The first-order valence-electron chi connectivity index (χ1n) is 11.0. The quantitative estimate of drug-likeness (QED) is 0.775. The highest BCUT2D eigenvalue weighted by Crippen LogP contribution is 2.21. The number of anilines is 2. The summed E-state index contributed by atoms with van der Waals surface area (Å²) in [5.41, 5.74) is 3.15. The molecule has 2 saturated heterocycles. The molecule has 0 aliphatic carbocycles. The molecule has 2 aromatic rings. The van der Waals surface area contributed by atoms with Gasteiger partial charge >= 0.3 is 0 Å². The molecule has 4 rings (SSSR count). The number of nitrogens with zero attached hydrogens (tertiary/aromatic N) is 5. The van der Waals surface area contributed by atoms with Crippen LogP contribution in [0.25, 0.3) is 0 Å². The molecule has 3 heterocycles. The van der Waals surface area contributed by atoms with Gasteiger partial charge in [0, 0.05) is 51.0 Å². The number of aromatic nitrogens is 2. The standard InChI is InChI=1S/C23H31N5O2/c1-19-8-3-4-9-21(19)26-12-7-13-27(15-14-26)23(30)18-28-22(29)16-20(17-24-28)25-10-5-2-6-11-25/h3-4,8-9,16-17H,2,5-7,10-15,18H2,1H3. The molecule has 1 aromatic heterocycles.